The first-order chi connectivity index (χ1) is 13.9. The molecule has 29 heavy (non-hydrogen) atoms. The standard InChI is InChI=1S/C22H19BrN2O3S/c1-3-28-22(27)18(13-24)21-25(17-9-7-14(2)8-10-17)20(26)19(29-21)12-15-5-4-6-16(23)11-15/h4-11,19H,3,12H2,1-2H3/b21-18-. The summed E-state index contributed by atoms with van der Waals surface area (Å²) in [6.07, 6.45) is 0.482. The van der Waals surface area contributed by atoms with E-state index in [1.807, 2.05) is 61.5 Å². The number of amides is 1. The number of carbonyl (C=O) groups is 2. The summed E-state index contributed by atoms with van der Waals surface area (Å²) in [6, 6.07) is 17.1. The van der Waals surface area contributed by atoms with E-state index in [0.717, 1.165) is 15.6 Å². The molecule has 0 aliphatic carbocycles. The number of carbonyl (C=O) groups excluding carboxylic acids is 2. The molecule has 1 fully saturated rings. The molecule has 0 aromatic heterocycles. The highest BCUT2D eigenvalue weighted by atomic mass is 79.9. The number of halogens is 1. The van der Waals surface area contributed by atoms with Crippen molar-refractivity contribution in [3.63, 3.8) is 0 Å². The molecule has 1 aliphatic rings. The minimum atomic E-state index is -0.717. The van der Waals surface area contributed by atoms with Crippen LogP contribution < -0.4 is 4.90 Å². The highest BCUT2D eigenvalue weighted by Crippen LogP contribution is 2.42. The van der Waals surface area contributed by atoms with Crippen molar-refractivity contribution in [2.45, 2.75) is 25.5 Å². The molecule has 148 valence electrons. The molecule has 1 saturated heterocycles. The topological polar surface area (TPSA) is 70.4 Å². The zero-order valence-corrected chi connectivity index (χ0v) is 18.4. The Bertz CT molecular complexity index is 1010. The van der Waals surface area contributed by atoms with E-state index in [0.29, 0.717) is 17.1 Å². The van der Waals surface area contributed by atoms with Gasteiger partial charge in [-0.25, -0.2) is 4.79 Å². The zero-order valence-electron chi connectivity index (χ0n) is 16.0. The monoisotopic (exact) mass is 470 g/mol. The summed E-state index contributed by atoms with van der Waals surface area (Å²) in [4.78, 5) is 27.1. The summed E-state index contributed by atoms with van der Waals surface area (Å²) in [6.45, 7) is 3.79. The highest BCUT2D eigenvalue weighted by molar-refractivity contribution is 9.10. The average Bonchev–Trinajstić information content (AvgIpc) is 2.99. The van der Waals surface area contributed by atoms with Crippen LogP contribution in [0.25, 0.3) is 0 Å². The summed E-state index contributed by atoms with van der Waals surface area (Å²) >= 11 is 4.68. The van der Waals surface area contributed by atoms with Crippen LogP contribution >= 0.6 is 27.7 Å². The Labute approximate surface area is 182 Å². The SMILES string of the molecule is CCOC(=O)/C(C#N)=C1\SC(Cc2cccc(Br)c2)C(=O)N1c1ccc(C)cc1. The van der Waals surface area contributed by atoms with Gasteiger partial charge in [-0.05, 0) is 50.1 Å². The zero-order chi connectivity index (χ0) is 21.0. The Hall–Kier alpha value is -2.56. The Morgan fingerprint density at radius 2 is 2.00 bits per heavy atom. The molecule has 2 aromatic rings. The minimum Gasteiger partial charge on any atom is -0.462 e. The van der Waals surface area contributed by atoms with Crippen LogP contribution in [0.4, 0.5) is 5.69 Å². The third-order valence-corrected chi connectivity index (χ3v) is 6.12. The van der Waals surface area contributed by atoms with Crippen molar-refractivity contribution in [3.05, 3.63) is 74.7 Å². The van der Waals surface area contributed by atoms with Crippen LogP contribution in [-0.4, -0.2) is 23.7 Å². The van der Waals surface area contributed by atoms with Crippen molar-refractivity contribution < 1.29 is 14.3 Å². The number of benzene rings is 2. The number of nitrogens with zero attached hydrogens (tertiary/aromatic N) is 2. The van der Waals surface area contributed by atoms with Gasteiger partial charge in [-0.15, -0.1) is 0 Å². The van der Waals surface area contributed by atoms with E-state index in [2.05, 4.69) is 15.9 Å². The molecule has 1 atom stereocenters. The summed E-state index contributed by atoms with van der Waals surface area (Å²) in [7, 11) is 0. The third kappa shape index (κ3) is 4.72. The van der Waals surface area contributed by atoms with Gasteiger partial charge in [0.2, 0.25) is 5.91 Å². The number of anilines is 1. The maximum Gasteiger partial charge on any atom is 0.351 e. The van der Waals surface area contributed by atoms with E-state index < -0.39 is 11.2 Å². The Morgan fingerprint density at radius 3 is 2.62 bits per heavy atom. The van der Waals surface area contributed by atoms with Gasteiger partial charge in [0.05, 0.1) is 11.9 Å². The molecule has 0 saturated carbocycles. The first-order valence-corrected chi connectivity index (χ1v) is 10.7. The van der Waals surface area contributed by atoms with Crippen molar-refractivity contribution in [1.82, 2.24) is 0 Å². The van der Waals surface area contributed by atoms with Gasteiger partial charge < -0.3 is 4.74 Å². The number of thioether (sulfide) groups is 1. The van der Waals surface area contributed by atoms with Crippen LogP contribution in [0.3, 0.4) is 0 Å². The molecule has 0 spiro atoms. The van der Waals surface area contributed by atoms with Gasteiger partial charge in [-0.2, -0.15) is 5.26 Å². The van der Waals surface area contributed by atoms with Crippen molar-refractivity contribution in [2.24, 2.45) is 0 Å². The molecule has 2 aromatic carbocycles. The lowest BCUT2D eigenvalue weighted by molar-refractivity contribution is -0.138. The molecule has 0 N–H and O–H groups in total. The molecule has 5 nitrogen and oxygen atoms in total. The fraction of sp³-hybridized carbons (Fsp3) is 0.227. The molecular weight excluding hydrogens is 452 g/mol. The maximum absolute atomic E-state index is 13.3. The minimum absolute atomic E-state index is 0.150. The van der Waals surface area contributed by atoms with Crippen LogP contribution in [0.15, 0.2) is 63.6 Å². The van der Waals surface area contributed by atoms with E-state index >= 15 is 0 Å². The summed E-state index contributed by atoms with van der Waals surface area (Å²) < 4.78 is 5.97. The first kappa shape index (κ1) is 21.2. The van der Waals surface area contributed by atoms with Crippen molar-refractivity contribution >= 4 is 45.3 Å². The Kier molecular flexibility index (Phi) is 6.78. The molecule has 3 rings (SSSR count). The number of hydrogen-bond donors (Lipinski definition) is 0. The second-order valence-electron chi connectivity index (χ2n) is 6.46. The largest absolute Gasteiger partial charge is 0.462 e. The van der Waals surface area contributed by atoms with Crippen molar-refractivity contribution in [1.29, 1.82) is 5.26 Å². The van der Waals surface area contributed by atoms with Gasteiger partial charge in [0.1, 0.15) is 11.1 Å². The van der Waals surface area contributed by atoms with E-state index in [4.69, 9.17) is 4.74 Å². The smallest absolute Gasteiger partial charge is 0.351 e. The number of hydrogen-bond acceptors (Lipinski definition) is 5. The van der Waals surface area contributed by atoms with Gasteiger partial charge >= 0.3 is 5.97 Å². The third-order valence-electron chi connectivity index (χ3n) is 4.36. The van der Waals surface area contributed by atoms with Crippen molar-refractivity contribution in [2.75, 3.05) is 11.5 Å². The lowest BCUT2D eigenvalue weighted by atomic mass is 10.1. The van der Waals surface area contributed by atoms with E-state index in [-0.39, 0.29) is 18.1 Å². The Balaban J connectivity index is 2.03. The highest BCUT2D eigenvalue weighted by Gasteiger charge is 2.41. The predicted octanol–water partition coefficient (Wildman–Crippen LogP) is 4.75. The van der Waals surface area contributed by atoms with E-state index in [1.165, 1.54) is 16.7 Å². The Morgan fingerprint density at radius 1 is 1.28 bits per heavy atom. The number of esters is 1. The van der Waals surface area contributed by atoms with Crippen LogP contribution in [0.2, 0.25) is 0 Å². The number of rotatable bonds is 5. The second kappa shape index (κ2) is 9.29. The molecule has 1 aliphatic heterocycles. The van der Waals surface area contributed by atoms with Crippen LogP contribution in [0, 0.1) is 18.3 Å². The molecular formula is C22H19BrN2O3S. The molecule has 7 heteroatoms. The number of nitriles is 1. The normalized spacial score (nSPS) is 17.8. The fourth-order valence-electron chi connectivity index (χ4n) is 2.98. The van der Waals surface area contributed by atoms with Crippen molar-refractivity contribution in [3.8, 4) is 6.07 Å². The molecule has 0 radical (unpaired) electrons. The summed E-state index contributed by atoms with van der Waals surface area (Å²) in [5, 5.41) is 9.50. The van der Waals surface area contributed by atoms with Gasteiger partial charge in [-0.3, -0.25) is 9.69 Å². The van der Waals surface area contributed by atoms with Gasteiger partial charge in [0, 0.05) is 10.2 Å². The van der Waals surface area contributed by atoms with Crippen LogP contribution in [0.1, 0.15) is 18.1 Å². The van der Waals surface area contributed by atoms with Crippen LogP contribution in [0.5, 0.6) is 0 Å². The average molecular weight is 471 g/mol. The summed E-state index contributed by atoms with van der Waals surface area (Å²) in [5.74, 6) is -0.878. The quantitative estimate of drug-likeness (QED) is 0.358. The summed E-state index contributed by atoms with van der Waals surface area (Å²) in [5.41, 5.74) is 2.51. The predicted molar refractivity (Wildman–Crippen MR) is 117 cm³/mol. The van der Waals surface area contributed by atoms with E-state index in [1.54, 1.807) is 6.92 Å². The fourth-order valence-corrected chi connectivity index (χ4v) is 4.73. The molecule has 1 heterocycles. The second-order valence-corrected chi connectivity index (χ2v) is 8.57. The van der Waals surface area contributed by atoms with Gasteiger partial charge in [-0.1, -0.05) is 57.5 Å². The van der Waals surface area contributed by atoms with Gasteiger partial charge in [0.25, 0.3) is 0 Å². The molecule has 1 unspecified atom stereocenters. The first-order valence-electron chi connectivity index (χ1n) is 9.07. The number of aryl methyl sites for hydroxylation is 1. The maximum atomic E-state index is 13.3. The molecule has 1 amide bonds. The number of ether oxygens (including phenoxy) is 1. The lowest BCUT2D eigenvalue weighted by Gasteiger charge is -2.18. The molecule has 0 bridgehead atoms. The van der Waals surface area contributed by atoms with Crippen LogP contribution in [-0.2, 0) is 20.7 Å². The lowest BCUT2D eigenvalue weighted by Crippen LogP contribution is -2.30. The van der Waals surface area contributed by atoms with Gasteiger partial charge in [0.15, 0.2) is 5.57 Å². The van der Waals surface area contributed by atoms with E-state index in [9.17, 15) is 14.9 Å².